The standard InChI is InChI=1S/C15H25NO2/c1-10(2)16-13(17)8-14-4-11-3-12(5-14)7-15(18,6-11)9-14/h10-12,18H,3-9H2,1-2H3,(H,16,17). The van der Waals surface area contributed by atoms with Gasteiger partial charge in [0, 0.05) is 12.5 Å². The van der Waals surface area contributed by atoms with Crippen LogP contribution in [0.1, 0.15) is 58.8 Å². The van der Waals surface area contributed by atoms with Gasteiger partial charge in [0.1, 0.15) is 0 Å². The molecule has 2 atom stereocenters. The molecule has 102 valence electrons. The second-order valence-electron chi connectivity index (χ2n) is 7.58. The normalized spacial score (nSPS) is 45.6. The van der Waals surface area contributed by atoms with E-state index in [1.54, 1.807) is 0 Å². The second-order valence-corrected chi connectivity index (χ2v) is 7.58. The molecule has 4 aliphatic rings. The van der Waals surface area contributed by atoms with Crippen LogP contribution >= 0.6 is 0 Å². The SMILES string of the molecule is CC(C)NC(=O)CC12CC3CC(CC(O)(C3)C1)C2. The van der Waals surface area contributed by atoms with Crippen molar-refractivity contribution in [2.75, 3.05) is 0 Å². The molecule has 4 bridgehead atoms. The fourth-order valence-electron chi connectivity index (χ4n) is 5.32. The minimum Gasteiger partial charge on any atom is -0.390 e. The second kappa shape index (κ2) is 3.96. The van der Waals surface area contributed by atoms with E-state index in [1.165, 1.54) is 6.42 Å². The number of hydrogen-bond acceptors (Lipinski definition) is 2. The van der Waals surface area contributed by atoms with Gasteiger partial charge in [-0.1, -0.05) is 0 Å². The van der Waals surface area contributed by atoms with Crippen molar-refractivity contribution in [2.24, 2.45) is 17.3 Å². The van der Waals surface area contributed by atoms with E-state index in [2.05, 4.69) is 5.32 Å². The predicted molar refractivity (Wildman–Crippen MR) is 70.0 cm³/mol. The van der Waals surface area contributed by atoms with Crippen molar-refractivity contribution < 1.29 is 9.90 Å². The molecule has 2 unspecified atom stereocenters. The van der Waals surface area contributed by atoms with E-state index in [1.807, 2.05) is 13.8 Å². The smallest absolute Gasteiger partial charge is 0.220 e. The topological polar surface area (TPSA) is 49.3 Å². The highest BCUT2D eigenvalue weighted by molar-refractivity contribution is 5.77. The van der Waals surface area contributed by atoms with Crippen molar-refractivity contribution >= 4 is 5.91 Å². The number of hydrogen-bond donors (Lipinski definition) is 2. The predicted octanol–water partition coefficient (Wildman–Crippen LogP) is 2.23. The van der Waals surface area contributed by atoms with Crippen LogP contribution < -0.4 is 5.32 Å². The molecule has 0 radical (unpaired) electrons. The molecule has 0 spiro atoms. The highest BCUT2D eigenvalue weighted by Crippen LogP contribution is 2.62. The molecule has 2 N–H and O–H groups in total. The first-order valence-electron chi connectivity index (χ1n) is 7.40. The summed E-state index contributed by atoms with van der Waals surface area (Å²) in [6, 6.07) is 0.217. The Labute approximate surface area is 109 Å². The van der Waals surface area contributed by atoms with Gasteiger partial charge in [0.2, 0.25) is 5.91 Å². The molecular weight excluding hydrogens is 226 g/mol. The van der Waals surface area contributed by atoms with Crippen LogP contribution in [0.15, 0.2) is 0 Å². The van der Waals surface area contributed by atoms with Crippen LogP contribution in [0.5, 0.6) is 0 Å². The Balaban J connectivity index is 1.73. The fourth-order valence-corrected chi connectivity index (χ4v) is 5.32. The van der Waals surface area contributed by atoms with E-state index in [4.69, 9.17) is 0 Å². The van der Waals surface area contributed by atoms with Gasteiger partial charge < -0.3 is 10.4 Å². The van der Waals surface area contributed by atoms with Crippen molar-refractivity contribution in [1.82, 2.24) is 5.32 Å². The van der Waals surface area contributed by atoms with Crippen molar-refractivity contribution in [3.8, 4) is 0 Å². The van der Waals surface area contributed by atoms with Gasteiger partial charge in [-0.2, -0.15) is 0 Å². The Morgan fingerprint density at radius 1 is 1.28 bits per heavy atom. The Hall–Kier alpha value is -0.570. The lowest BCUT2D eigenvalue weighted by Crippen LogP contribution is -2.56. The van der Waals surface area contributed by atoms with Crippen LogP contribution in [0.2, 0.25) is 0 Å². The number of aliphatic hydroxyl groups is 1. The van der Waals surface area contributed by atoms with Crippen molar-refractivity contribution in [1.29, 1.82) is 0 Å². The number of nitrogens with one attached hydrogen (secondary N) is 1. The molecule has 0 aromatic heterocycles. The van der Waals surface area contributed by atoms with E-state index in [0.29, 0.717) is 18.3 Å². The maximum atomic E-state index is 12.0. The molecule has 4 aliphatic carbocycles. The van der Waals surface area contributed by atoms with Crippen LogP contribution in [-0.2, 0) is 4.79 Å². The van der Waals surface area contributed by atoms with Crippen LogP contribution in [-0.4, -0.2) is 22.7 Å². The molecule has 0 aromatic carbocycles. The summed E-state index contributed by atoms with van der Waals surface area (Å²) in [6.07, 6.45) is 7.07. The largest absolute Gasteiger partial charge is 0.390 e. The number of amides is 1. The maximum Gasteiger partial charge on any atom is 0.220 e. The Kier molecular flexibility index (Phi) is 2.74. The summed E-state index contributed by atoms with van der Waals surface area (Å²) >= 11 is 0. The molecule has 4 fully saturated rings. The minimum atomic E-state index is -0.442. The van der Waals surface area contributed by atoms with E-state index < -0.39 is 5.60 Å². The number of carbonyl (C=O) groups excluding carboxylic acids is 1. The zero-order chi connectivity index (χ0) is 13.0. The third-order valence-electron chi connectivity index (χ3n) is 5.14. The summed E-state index contributed by atoms with van der Waals surface area (Å²) in [4.78, 5) is 12.0. The molecular formula is C15H25NO2. The van der Waals surface area contributed by atoms with E-state index in [-0.39, 0.29) is 17.4 Å². The van der Waals surface area contributed by atoms with Gasteiger partial charge in [-0.15, -0.1) is 0 Å². The summed E-state index contributed by atoms with van der Waals surface area (Å²) in [6.45, 7) is 4.01. The molecule has 3 nitrogen and oxygen atoms in total. The summed E-state index contributed by atoms with van der Waals surface area (Å²) in [5.41, 5.74) is -0.333. The molecule has 0 heterocycles. The van der Waals surface area contributed by atoms with Crippen LogP contribution in [0.25, 0.3) is 0 Å². The summed E-state index contributed by atoms with van der Waals surface area (Å²) in [7, 11) is 0. The highest BCUT2D eigenvalue weighted by Gasteiger charge is 2.57. The molecule has 0 saturated heterocycles. The van der Waals surface area contributed by atoms with Crippen LogP contribution in [0.3, 0.4) is 0 Å². The van der Waals surface area contributed by atoms with E-state index in [0.717, 1.165) is 32.1 Å². The molecule has 4 saturated carbocycles. The van der Waals surface area contributed by atoms with Gasteiger partial charge in [-0.25, -0.2) is 0 Å². The van der Waals surface area contributed by atoms with Crippen molar-refractivity contribution in [3.63, 3.8) is 0 Å². The maximum absolute atomic E-state index is 12.0. The summed E-state index contributed by atoms with van der Waals surface area (Å²) in [5.74, 6) is 1.52. The zero-order valence-electron chi connectivity index (χ0n) is 11.5. The van der Waals surface area contributed by atoms with Gasteiger partial charge in [-0.3, -0.25) is 4.79 Å². The lowest BCUT2D eigenvalue weighted by atomic mass is 9.47. The van der Waals surface area contributed by atoms with Gasteiger partial charge in [0.25, 0.3) is 0 Å². The molecule has 0 aliphatic heterocycles. The first kappa shape index (κ1) is 12.5. The first-order valence-corrected chi connectivity index (χ1v) is 7.40. The molecule has 1 amide bonds. The molecule has 18 heavy (non-hydrogen) atoms. The molecule has 3 heteroatoms. The molecule has 0 aromatic rings. The monoisotopic (exact) mass is 251 g/mol. The lowest BCUT2D eigenvalue weighted by Gasteiger charge is -2.60. The Morgan fingerprint density at radius 3 is 2.39 bits per heavy atom. The van der Waals surface area contributed by atoms with Crippen LogP contribution in [0.4, 0.5) is 0 Å². The molecule has 4 rings (SSSR count). The first-order chi connectivity index (χ1) is 8.38. The van der Waals surface area contributed by atoms with E-state index in [9.17, 15) is 9.90 Å². The van der Waals surface area contributed by atoms with Gasteiger partial charge >= 0.3 is 0 Å². The summed E-state index contributed by atoms with van der Waals surface area (Å²) in [5, 5.41) is 13.6. The zero-order valence-corrected chi connectivity index (χ0v) is 11.5. The Morgan fingerprint density at radius 2 is 1.89 bits per heavy atom. The average molecular weight is 251 g/mol. The van der Waals surface area contributed by atoms with Gasteiger partial charge in [0.05, 0.1) is 5.60 Å². The Bertz CT molecular complexity index is 350. The number of carbonyl (C=O) groups is 1. The lowest BCUT2D eigenvalue weighted by molar-refractivity contribution is -0.169. The number of rotatable bonds is 3. The van der Waals surface area contributed by atoms with Crippen molar-refractivity contribution in [3.05, 3.63) is 0 Å². The highest BCUT2D eigenvalue weighted by atomic mass is 16.3. The third kappa shape index (κ3) is 2.18. The van der Waals surface area contributed by atoms with Crippen LogP contribution in [0, 0.1) is 17.3 Å². The van der Waals surface area contributed by atoms with Gasteiger partial charge in [-0.05, 0) is 69.6 Å². The minimum absolute atomic E-state index is 0.109. The quantitative estimate of drug-likeness (QED) is 0.808. The van der Waals surface area contributed by atoms with E-state index >= 15 is 0 Å². The summed E-state index contributed by atoms with van der Waals surface area (Å²) < 4.78 is 0. The average Bonchev–Trinajstić information content (AvgIpc) is 2.08. The van der Waals surface area contributed by atoms with Gasteiger partial charge in [0.15, 0.2) is 0 Å². The third-order valence-corrected chi connectivity index (χ3v) is 5.14. The van der Waals surface area contributed by atoms with Crippen molar-refractivity contribution in [2.45, 2.75) is 70.4 Å². The fraction of sp³-hybridized carbons (Fsp3) is 0.933.